The number of likely N-dealkylation sites (tertiary alicyclic amines) is 1. The van der Waals surface area contributed by atoms with E-state index in [4.69, 9.17) is 9.39 Å². The molecular formula is C28H37BINO6. The SMILES string of the molecule is CCCC1=C2[C@@H](CC/C(C)=C/c3cc(I)c(O)c(OC)c3)OB(O)C[C@@H]2[C@@H]2C(=O)N(CCC)C(=O)[C@@H]2C1. The van der Waals surface area contributed by atoms with Crippen LogP contribution in [0.3, 0.4) is 0 Å². The number of hydrogen-bond acceptors (Lipinski definition) is 6. The molecule has 0 radical (unpaired) electrons. The zero-order chi connectivity index (χ0) is 26.9. The van der Waals surface area contributed by atoms with Crippen LogP contribution in [0.4, 0.5) is 0 Å². The van der Waals surface area contributed by atoms with E-state index in [-0.39, 0.29) is 41.4 Å². The second-order valence-electron chi connectivity index (χ2n) is 10.5. The van der Waals surface area contributed by atoms with Gasteiger partial charge in [0.15, 0.2) is 11.5 Å². The minimum Gasteiger partial charge on any atom is -0.504 e. The lowest BCUT2D eigenvalue weighted by molar-refractivity contribution is -0.140. The van der Waals surface area contributed by atoms with Gasteiger partial charge in [-0.1, -0.05) is 37.5 Å². The molecule has 2 fully saturated rings. The van der Waals surface area contributed by atoms with Gasteiger partial charge in [-0.15, -0.1) is 0 Å². The summed E-state index contributed by atoms with van der Waals surface area (Å²) in [7, 11) is 0.587. The number of ether oxygens (including phenoxy) is 1. The molecule has 0 saturated carbocycles. The molecule has 2 amide bonds. The number of carbonyl (C=O) groups is 2. The Balaban J connectivity index is 1.59. The second kappa shape index (κ2) is 11.9. The largest absolute Gasteiger partial charge is 0.504 e. The van der Waals surface area contributed by atoms with Gasteiger partial charge < -0.3 is 19.5 Å². The molecule has 4 rings (SSSR count). The maximum Gasteiger partial charge on any atom is 0.455 e. The Morgan fingerprint density at radius 2 is 2.00 bits per heavy atom. The second-order valence-corrected chi connectivity index (χ2v) is 11.6. The molecule has 2 aliphatic heterocycles. The van der Waals surface area contributed by atoms with Crippen LogP contribution in [-0.4, -0.2) is 53.7 Å². The van der Waals surface area contributed by atoms with Crippen LogP contribution in [0.15, 0.2) is 28.9 Å². The van der Waals surface area contributed by atoms with Crippen molar-refractivity contribution in [3.63, 3.8) is 0 Å². The number of methoxy groups -OCH3 is 1. The number of carbonyl (C=O) groups excluding carboxylic acids is 2. The van der Waals surface area contributed by atoms with Gasteiger partial charge in [0.25, 0.3) is 0 Å². The molecule has 3 aliphatic rings. The summed E-state index contributed by atoms with van der Waals surface area (Å²) in [5.41, 5.74) is 4.47. The number of halogens is 1. The maximum absolute atomic E-state index is 13.4. The lowest BCUT2D eigenvalue weighted by Crippen LogP contribution is -2.46. The van der Waals surface area contributed by atoms with Gasteiger partial charge in [0.05, 0.1) is 28.6 Å². The molecule has 0 unspecified atom stereocenters. The lowest BCUT2D eigenvalue weighted by Gasteiger charge is -2.43. The Bertz CT molecular complexity index is 1120. The van der Waals surface area contributed by atoms with Crippen molar-refractivity contribution in [3.8, 4) is 11.5 Å². The van der Waals surface area contributed by atoms with Crippen molar-refractivity contribution in [2.75, 3.05) is 13.7 Å². The average Bonchev–Trinajstić information content (AvgIpc) is 3.09. The summed E-state index contributed by atoms with van der Waals surface area (Å²) in [4.78, 5) is 28.0. The van der Waals surface area contributed by atoms with E-state index in [9.17, 15) is 19.7 Å². The molecule has 0 aromatic heterocycles. The van der Waals surface area contributed by atoms with E-state index < -0.39 is 7.12 Å². The molecule has 2 saturated heterocycles. The van der Waals surface area contributed by atoms with Gasteiger partial charge in [0, 0.05) is 6.54 Å². The van der Waals surface area contributed by atoms with E-state index in [2.05, 4.69) is 42.5 Å². The van der Waals surface area contributed by atoms with Crippen LogP contribution >= 0.6 is 22.6 Å². The van der Waals surface area contributed by atoms with Gasteiger partial charge in [-0.05, 0) is 97.1 Å². The fourth-order valence-corrected chi connectivity index (χ4v) is 6.99. The smallest absolute Gasteiger partial charge is 0.455 e. The van der Waals surface area contributed by atoms with Gasteiger partial charge in [0.2, 0.25) is 11.8 Å². The Morgan fingerprint density at radius 3 is 2.68 bits per heavy atom. The number of fused-ring (bicyclic) bond motifs is 3. The Morgan fingerprint density at radius 1 is 1.24 bits per heavy atom. The number of hydrogen-bond donors (Lipinski definition) is 2. The number of amides is 2. The fraction of sp³-hybridized carbons (Fsp3) is 0.571. The van der Waals surface area contributed by atoms with Crippen LogP contribution in [-0.2, 0) is 14.2 Å². The zero-order valence-electron chi connectivity index (χ0n) is 22.1. The highest BCUT2D eigenvalue weighted by molar-refractivity contribution is 14.1. The average molecular weight is 621 g/mol. The molecule has 2 N–H and O–H groups in total. The Hall–Kier alpha value is -1.85. The standard InChI is InChI=1S/C28H37BINO6/c1-5-7-18-14-19-25(28(34)31(10-6-2)27(19)33)20-15-29(35)37-22(24(18)20)9-8-16(3)11-17-12-21(30)26(32)23(13-17)36-4/h11-13,19-20,22,25,32,35H,5-10,14-15H2,1-4H3/b16-11+/t19-,20+,22-,25-/m1/s1. The van der Waals surface area contributed by atoms with Crippen LogP contribution in [0, 0.1) is 21.3 Å². The Labute approximate surface area is 233 Å². The van der Waals surface area contributed by atoms with Gasteiger partial charge >= 0.3 is 7.12 Å². The highest BCUT2D eigenvalue weighted by Crippen LogP contribution is 2.51. The number of allylic oxidation sites excluding steroid dienone is 2. The molecule has 1 aromatic rings. The molecule has 7 nitrogen and oxygen atoms in total. The summed E-state index contributed by atoms with van der Waals surface area (Å²) < 4.78 is 12.1. The number of aromatic hydroxyl groups is 1. The summed E-state index contributed by atoms with van der Waals surface area (Å²) in [5, 5.41) is 20.8. The molecule has 2 heterocycles. The van der Waals surface area contributed by atoms with Crippen molar-refractivity contribution in [2.24, 2.45) is 17.8 Å². The summed E-state index contributed by atoms with van der Waals surface area (Å²) in [5.74, 6) is -0.398. The number of phenolic OH excluding ortho intramolecular Hbond substituents is 1. The first-order valence-electron chi connectivity index (χ1n) is 13.3. The van der Waals surface area contributed by atoms with Gasteiger partial charge in [-0.2, -0.15) is 0 Å². The zero-order valence-corrected chi connectivity index (χ0v) is 24.3. The minimum absolute atomic E-state index is 0.0419. The Kier molecular flexibility index (Phi) is 9.06. The van der Waals surface area contributed by atoms with Crippen molar-refractivity contribution in [2.45, 2.75) is 71.7 Å². The van der Waals surface area contributed by atoms with E-state index in [0.29, 0.717) is 31.5 Å². The molecule has 200 valence electrons. The van der Waals surface area contributed by atoms with Crippen LogP contribution in [0.2, 0.25) is 6.32 Å². The van der Waals surface area contributed by atoms with E-state index >= 15 is 0 Å². The van der Waals surface area contributed by atoms with Crippen LogP contribution < -0.4 is 4.74 Å². The predicted octanol–water partition coefficient (Wildman–Crippen LogP) is 5.20. The van der Waals surface area contributed by atoms with E-state index in [0.717, 1.165) is 46.0 Å². The third-order valence-electron chi connectivity index (χ3n) is 7.88. The fourth-order valence-electron chi connectivity index (χ4n) is 6.36. The third kappa shape index (κ3) is 5.64. The molecule has 1 aliphatic carbocycles. The number of rotatable bonds is 9. The molecule has 37 heavy (non-hydrogen) atoms. The van der Waals surface area contributed by atoms with Crippen molar-refractivity contribution in [3.05, 3.63) is 38.0 Å². The molecular weight excluding hydrogens is 584 g/mol. The van der Waals surface area contributed by atoms with Crippen molar-refractivity contribution in [1.29, 1.82) is 0 Å². The van der Waals surface area contributed by atoms with E-state index in [1.165, 1.54) is 17.6 Å². The lowest BCUT2D eigenvalue weighted by atomic mass is 9.58. The highest BCUT2D eigenvalue weighted by Gasteiger charge is 2.56. The summed E-state index contributed by atoms with van der Waals surface area (Å²) in [6.45, 7) is 6.63. The van der Waals surface area contributed by atoms with Gasteiger partial charge in [-0.25, -0.2) is 0 Å². The van der Waals surface area contributed by atoms with Crippen molar-refractivity contribution >= 4 is 47.6 Å². The summed E-state index contributed by atoms with van der Waals surface area (Å²) >= 11 is 2.09. The highest BCUT2D eigenvalue weighted by atomic mass is 127. The first kappa shape index (κ1) is 28.2. The van der Waals surface area contributed by atoms with E-state index in [1.807, 2.05) is 19.1 Å². The molecule has 4 atom stereocenters. The topological polar surface area (TPSA) is 96.3 Å². The van der Waals surface area contributed by atoms with Crippen LogP contribution in [0.1, 0.15) is 64.9 Å². The summed E-state index contributed by atoms with van der Waals surface area (Å²) in [6, 6.07) is 3.72. The van der Waals surface area contributed by atoms with Gasteiger partial charge in [-0.3, -0.25) is 14.5 Å². The monoisotopic (exact) mass is 621 g/mol. The molecule has 1 aromatic carbocycles. The number of nitrogens with zero attached hydrogens (tertiary/aromatic N) is 1. The van der Waals surface area contributed by atoms with Crippen molar-refractivity contribution in [1.82, 2.24) is 4.90 Å². The third-order valence-corrected chi connectivity index (χ3v) is 8.71. The van der Waals surface area contributed by atoms with Crippen LogP contribution in [0.25, 0.3) is 6.08 Å². The normalized spacial score (nSPS) is 26.1. The molecule has 0 bridgehead atoms. The van der Waals surface area contributed by atoms with Gasteiger partial charge in [0.1, 0.15) is 0 Å². The first-order valence-corrected chi connectivity index (χ1v) is 14.4. The number of phenols is 1. The quantitative estimate of drug-likeness (QED) is 0.171. The number of imide groups is 1. The van der Waals surface area contributed by atoms with Crippen molar-refractivity contribution < 1.29 is 29.1 Å². The molecule has 0 spiro atoms. The molecule has 9 heteroatoms. The number of benzene rings is 1. The maximum atomic E-state index is 13.4. The van der Waals surface area contributed by atoms with Crippen LogP contribution in [0.5, 0.6) is 11.5 Å². The minimum atomic E-state index is -0.948. The van der Waals surface area contributed by atoms with E-state index in [1.54, 1.807) is 0 Å². The summed E-state index contributed by atoms with van der Waals surface area (Å²) in [6.07, 6.45) is 6.78. The predicted molar refractivity (Wildman–Crippen MR) is 152 cm³/mol. The first-order chi connectivity index (χ1) is 17.7.